The van der Waals surface area contributed by atoms with E-state index in [0.29, 0.717) is 32.4 Å². The molecule has 0 bridgehead atoms. The van der Waals surface area contributed by atoms with E-state index in [1.54, 1.807) is 17.5 Å². The predicted octanol–water partition coefficient (Wildman–Crippen LogP) is 3.95. The van der Waals surface area contributed by atoms with Crippen LogP contribution in [0, 0.1) is 6.92 Å². The van der Waals surface area contributed by atoms with E-state index in [-0.39, 0.29) is 0 Å². The number of anilines is 1. The Morgan fingerprint density at radius 1 is 1.17 bits per heavy atom. The molecule has 0 spiro atoms. The number of nitrogens with zero attached hydrogens (tertiary/aromatic N) is 4. The number of fused-ring (bicyclic) bond motifs is 1. The number of alkyl halides is 1. The van der Waals surface area contributed by atoms with Gasteiger partial charge in [-0.15, -0.1) is 0 Å². The summed E-state index contributed by atoms with van der Waals surface area (Å²) in [5.74, 6) is 0. The molecule has 0 atom stereocenters. The minimum absolute atomic E-state index is 0.391. The molecule has 3 aromatic rings. The smallest absolute Gasteiger partial charge is 0.187 e. The van der Waals surface area contributed by atoms with Gasteiger partial charge in [0.15, 0.2) is 5.13 Å². The van der Waals surface area contributed by atoms with Gasteiger partial charge in [0, 0.05) is 37.1 Å². The Morgan fingerprint density at radius 3 is 2.75 bits per heavy atom. The van der Waals surface area contributed by atoms with E-state index in [0.717, 1.165) is 26.9 Å². The normalized spacial score (nSPS) is 17.3. The molecule has 1 saturated heterocycles. The number of hydrogen-bond donors (Lipinski definition) is 0. The van der Waals surface area contributed by atoms with Gasteiger partial charge in [0.2, 0.25) is 0 Å². The number of thiazole rings is 1. The van der Waals surface area contributed by atoms with Crippen LogP contribution in [0.4, 0.5) is 9.52 Å². The summed E-state index contributed by atoms with van der Waals surface area (Å²) in [5, 5.41) is 0.947. The van der Waals surface area contributed by atoms with Crippen LogP contribution in [-0.4, -0.2) is 33.7 Å². The lowest BCUT2D eigenvalue weighted by molar-refractivity contribution is 0.124. The maximum Gasteiger partial charge on any atom is 0.187 e. The highest BCUT2D eigenvalue weighted by atomic mass is 32.1. The fourth-order valence-electron chi connectivity index (χ4n) is 3.14. The van der Waals surface area contributed by atoms with E-state index in [9.17, 15) is 0 Å². The van der Waals surface area contributed by atoms with Crippen molar-refractivity contribution in [2.24, 2.45) is 0 Å². The van der Waals surface area contributed by atoms with Gasteiger partial charge < -0.3 is 4.90 Å². The number of hydrogen-bond acceptors (Lipinski definition) is 5. The van der Waals surface area contributed by atoms with Crippen LogP contribution < -0.4 is 4.90 Å². The molecule has 4 heterocycles. The van der Waals surface area contributed by atoms with Gasteiger partial charge >= 0.3 is 0 Å². The lowest BCUT2D eigenvalue weighted by Gasteiger charge is -2.36. The van der Waals surface area contributed by atoms with E-state index in [1.807, 2.05) is 37.3 Å². The summed E-state index contributed by atoms with van der Waals surface area (Å²) >= 11 is 1.59. The van der Waals surface area contributed by atoms with Gasteiger partial charge in [-0.2, -0.15) is 0 Å². The Morgan fingerprint density at radius 2 is 2.00 bits per heavy atom. The summed E-state index contributed by atoms with van der Waals surface area (Å²) in [4.78, 5) is 16.6. The number of halogens is 1. The van der Waals surface area contributed by atoms with Gasteiger partial charge in [0.1, 0.15) is 16.0 Å². The van der Waals surface area contributed by atoms with Crippen molar-refractivity contribution >= 4 is 26.8 Å². The Hall–Kier alpha value is -2.08. The molecule has 1 fully saturated rings. The van der Waals surface area contributed by atoms with Crippen LogP contribution >= 0.6 is 11.3 Å². The third-order valence-corrected chi connectivity index (χ3v) is 5.56. The quantitative estimate of drug-likeness (QED) is 0.723. The van der Waals surface area contributed by atoms with E-state index in [2.05, 4.69) is 19.9 Å². The van der Waals surface area contributed by atoms with E-state index >= 15 is 4.39 Å². The minimum Gasteiger partial charge on any atom is -0.348 e. The SMILES string of the molecule is Cc1ccc2nc(N3CCC(F)(Cc4ccccn4)CC3)sc2n1. The predicted molar refractivity (Wildman–Crippen MR) is 95.4 cm³/mol. The van der Waals surface area contributed by atoms with Crippen molar-refractivity contribution in [2.45, 2.75) is 31.9 Å². The van der Waals surface area contributed by atoms with Crippen molar-refractivity contribution < 1.29 is 4.39 Å². The van der Waals surface area contributed by atoms with Crippen LogP contribution in [0.3, 0.4) is 0 Å². The molecular formula is C18H19FN4S. The van der Waals surface area contributed by atoms with Crippen molar-refractivity contribution in [3.63, 3.8) is 0 Å². The average molecular weight is 342 g/mol. The number of aryl methyl sites for hydroxylation is 1. The van der Waals surface area contributed by atoms with Crippen molar-refractivity contribution in [1.29, 1.82) is 0 Å². The first-order valence-electron chi connectivity index (χ1n) is 8.19. The molecule has 3 aromatic heterocycles. The van der Waals surface area contributed by atoms with Crippen molar-refractivity contribution in [1.82, 2.24) is 15.0 Å². The second-order valence-corrected chi connectivity index (χ2v) is 7.37. The molecule has 0 unspecified atom stereocenters. The molecule has 0 saturated carbocycles. The van der Waals surface area contributed by atoms with Crippen molar-refractivity contribution in [3.8, 4) is 0 Å². The molecule has 0 aromatic carbocycles. The Labute approximate surface area is 144 Å². The summed E-state index contributed by atoms with van der Waals surface area (Å²) in [7, 11) is 0. The first-order chi connectivity index (χ1) is 11.6. The minimum atomic E-state index is -1.17. The summed E-state index contributed by atoms with van der Waals surface area (Å²) in [6.07, 6.45) is 3.13. The number of piperidine rings is 1. The van der Waals surface area contributed by atoms with Gasteiger partial charge in [0.05, 0.1) is 0 Å². The molecular weight excluding hydrogens is 323 g/mol. The zero-order valence-electron chi connectivity index (χ0n) is 13.6. The molecule has 4 rings (SSSR count). The van der Waals surface area contributed by atoms with Crippen LogP contribution in [0.25, 0.3) is 10.3 Å². The topological polar surface area (TPSA) is 41.9 Å². The lowest BCUT2D eigenvalue weighted by atomic mass is 9.89. The second-order valence-electron chi connectivity index (χ2n) is 6.41. The zero-order valence-corrected chi connectivity index (χ0v) is 14.4. The Kier molecular flexibility index (Phi) is 3.92. The number of pyridine rings is 2. The molecule has 1 aliphatic rings. The summed E-state index contributed by atoms with van der Waals surface area (Å²) in [5.41, 5.74) is 1.57. The monoisotopic (exact) mass is 342 g/mol. The number of aromatic nitrogens is 3. The molecule has 24 heavy (non-hydrogen) atoms. The number of rotatable bonds is 3. The standard InChI is InChI=1S/C18H19FN4S/c1-13-5-6-15-16(21-13)24-17(22-15)23-10-7-18(19,8-11-23)12-14-4-2-3-9-20-14/h2-6,9H,7-8,10-12H2,1H3. The highest BCUT2D eigenvalue weighted by molar-refractivity contribution is 7.21. The fourth-order valence-corrected chi connectivity index (χ4v) is 4.17. The van der Waals surface area contributed by atoms with E-state index in [4.69, 9.17) is 0 Å². The molecule has 0 amide bonds. The van der Waals surface area contributed by atoms with Gasteiger partial charge in [-0.05, 0) is 44.0 Å². The fraction of sp³-hybridized carbons (Fsp3) is 0.389. The highest BCUT2D eigenvalue weighted by Gasteiger charge is 2.35. The third-order valence-electron chi connectivity index (χ3n) is 4.54. The lowest BCUT2D eigenvalue weighted by Crippen LogP contribution is -2.43. The molecule has 0 radical (unpaired) electrons. The van der Waals surface area contributed by atoms with Crippen molar-refractivity contribution in [2.75, 3.05) is 18.0 Å². The summed E-state index contributed by atoms with van der Waals surface area (Å²) in [6.45, 7) is 3.35. The Bertz CT molecular complexity index is 841. The molecule has 6 heteroatoms. The van der Waals surface area contributed by atoms with E-state index < -0.39 is 5.67 Å². The summed E-state index contributed by atoms with van der Waals surface area (Å²) < 4.78 is 15.1. The van der Waals surface area contributed by atoms with E-state index in [1.165, 1.54) is 0 Å². The largest absolute Gasteiger partial charge is 0.348 e. The van der Waals surface area contributed by atoms with Crippen molar-refractivity contribution in [3.05, 3.63) is 47.9 Å². The van der Waals surface area contributed by atoms with Crippen LogP contribution in [0.5, 0.6) is 0 Å². The molecule has 0 N–H and O–H groups in total. The van der Waals surface area contributed by atoms with Crippen LogP contribution in [0.2, 0.25) is 0 Å². The zero-order chi connectivity index (χ0) is 16.6. The highest BCUT2D eigenvalue weighted by Crippen LogP contribution is 2.35. The van der Waals surface area contributed by atoms with Crippen LogP contribution in [-0.2, 0) is 6.42 Å². The third kappa shape index (κ3) is 3.11. The molecule has 1 aliphatic heterocycles. The summed E-state index contributed by atoms with van der Waals surface area (Å²) in [6, 6.07) is 9.65. The maximum atomic E-state index is 15.1. The average Bonchev–Trinajstić information content (AvgIpc) is 2.99. The molecule has 4 nitrogen and oxygen atoms in total. The van der Waals surface area contributed by atoms with Gasteiger partial charge in [-0.1, -0.05) is 17.4 Å². The first kappa shape index (κ1) is 15.4. The van der Waals surface area contributed by atoms with Crippen LogP contribution in [0.1, 0.15) is 24.2 Å². The van der Waals surface area contributed by atoms with Gasteiger partial charge in [-0.25, -0.2) is 14.4 Å². The van der Waals surface area contributed by atoms with Gasteiger partial charge in [-0.3, -0.25) is 4.98 Å². The Balaban J connectivity index is 1.46. The molecule has 124 valence electrons. The molecule has 0 aliphatic carbocycles. The second kappa shape index (κ2) is 6.09. The first-order valence-corrected chi connectivity index (χ1v) is 9.01. The maximum absolute atomic E-state index is 15.1. The van der Waals surface area contributed by atoms with Crippen LogP contribution in [0.15, 0.2) is 36.5 Å². The van der Waals surface area contributed by atoms with Gasteiger partial charge in [0.25, 0.3) is 0 Å².